The van der Waals surface area contributed by atoms with Gasteiger partial charge in [0, 0.05) is 24.2 Å². The van der Waals surface area contributed by atoms with E-state index < -0.39 is 0 Å². The minimum absolute atomic E-state index is 0.127. The predicted molar refractivity (Wildman–Crippen MR) is 98.4 cm³/mol. The molecule has 0 spiro atoms. The first-order valence-corrected chi connectivity index (χ1v) is 9.25. The molecule has 0 aliphatic heterocycles. The first kappa shape index (κ1) is 19.6. The van der Waals surface area contributed by atoms with Gasteiger partial charge in [-0.1, -0.05) is 49.9 Å². The van der Waals surface area contributed by atoms with Gasteiger partial charge in [0.25, 0.3) is 0 Å². The Morgan fingerprint density at radius 2 is 1.88 bits per heavy atom. The second kappa shape index (κ2) is 9.66. The van der Waals surface area contributed by atoms with Gasteiger partial charge in [0.15, 0.2) is 0 Å². The highest BCUT2D eigenvalue weighted by molar-refractivity contribution is 6.30. The fourth-order valence-electron chi connectivity index (χ4n) is 3.15. The lowest BCUT2D eigenvalue weighted by atomic mass is 9.96. The molecular weight excluding hydrogens is 340 g/mol. The van der Waals surface area contributed by atoms with Crippen LogP contribution in [0.2, 0.25) is 5.02 Å². The Labute approximate surface area is 154 Å². The number of nitrogens with zero attached hydrogens (tertiary/aromatic N) is 1. The van der Waals surface area contributed by atoms with E-state index in [1.807, 2.05) is 12.1 Å². The van der Waals surface area contributed by atoms with Crippen molar-refractivity contribution in [1.82, 2.24) is 10.2 Å². The average molecular weight is 367 g/mol. The van der Waals surface area contributed by atoms with Crippen LogP contribution in [-0.2, 0) is 16.1 Å². The van der Waals surface area contributed by atoms with Crippen LogP contribution in [0.1, 0.15) is 44.6 Å². The first-order chi connectivity index (χ1) is 12.0. The average Bonchev–Trinajstić information content (AvgIpc) is 2.62. The Morgan fingerprint density at radius 3 is 2.48 bits per heavy atom. The summed E-state index contributed by atoms with van der Waals surface area (Å²) >= 11 is 5.93. The molecule has 2 amide bonds. The molecular formula is C19H27ClN2O3. The van der Waals surface area contributed by atoms with Gasteiger partial charge in [-0.3, -0.25) is 4.79 Å². The second-order valence-electron chi connectivity index (χ2n) is 6.72. The zero-order valence-corrected chi connectivity index (χ0v) is 15.7. The van der Waals surface area contributed by atoms with Crippen LogP contribution in [-0.4, -0.2) is 36.6 Å². The maximum atomic E-state index is 12.8. The lowest BCUT2D eigenvalue weighted by Crippen LogP contribution is -2.47. The van der Waals surface area contributed by atoms with E-state index >= 15 is 0 Å². The van der Waals surface area contributed by atoms with Gasteiger partial charge in [0.2, 0.25) is 0 Å². The summed E-state index contributed by atoms with van der Waals surface area (Å²) in [6.45, 7) is 2.51. The van der Waals surface area contributed by atoms with E-state index in [1.165, 1.54) is 13.5 Å². The molecule has 1 N–H and O–H groups in total. The van der Waals surface area contributed by atoms with Crippen molar-refractivity contribution in [2.24, 2.45) is 5.92 Å². The normalized spacial score (nSPS) is 16.1. The minimum Gasteiger partial charge on any atom is -0.469 e. The number of hydrogen-bond donors (Lipinski definition) is 1. The zero-order chi connectivity index (χ0) is 18.2. The Bertz CT molecular complexity index is 571. The van der Waals surface area contributed by atoms with Gasteiger partial charge < -0.3 is 15.0 Å². The molecule has 1 aliphatic carbocycles. The predicted octanol–water partition coefficient (Wildman–Crippen LogP) is 3.99. The van der Waals surface area contributed by atoms with Crippen LogP contribution in [0.4, 0.5) is 4.79 Å². The van der Waals surface area contributed by atoms with Gasteiger partial charge in [0.05, 0.1) is 13.0 Å². The molecule has 0 aromatic heterocycles. The van der Waals surface area contributed by atoms with Crippen molar-refractivity contribution in [3.63, 3.8) is 0 Å². The molecule has 0 saturated heterocycles. The summed E-state index contributed by atoms with van der Waals surface area (Å²) in [5.74, 6) is -0.694. The molecule has 1 atom stereocenters. The Balaban J connectivity index is 2.05. The summed E-state index contributed by atoms with van der Waals surface area (Å²) < 4.78 is 4.79. The van der Waals surface area contributed by atoms with Crippen molar-refractivity contribution < 1.29 is 14.3 Å². The van der Waals surface area contributed by atoms with Crippen LogP contribution in [0, 0.1) is 5.92 Å². The third-order valence-electron chi connectivity index (χ3n) is 4.60. The van der Waals surface area contributed by atoms with Crippen LogP contribution in [0.3, 0.4) is 0 Å². The van der Waals surface area contributed by atoms with Crippen molar-refractivity contribution >= 4 is 23.6 Å². The van der Waals surface area contributed by atoms with Crippen LogP contribution in [0.5, 0.6) is 0 Å². The van der Waals surface area contributed by atoms with Gasteiger partial charge >= 0.3 is 12.0 Å². The summed E-state index contributed by atoms with van der Waals surface area (Å²) in [7, 11) is 1.37. The molecule has 6 heteroatoms. The fraction of sp³-hybridized carbons (Fsp3) is 0.579. The summed E-state index contributed by atoms with van der Waals surface area (Å²) in [6, 6.07) is 7.49. The van der Waals surface area contributed by atoms with E-state index in [0.717, 1.165) is 31.2 Å². The highest BCUT2D eigenvalue weighted by Gasteiger charge is 2.24. The topological polar surface area (TPSA) is 58.6 Å². The van der Waals surface area contributed by atoms with Crippen LogP contribution in [0.15, 0.2) is 24.3 Å². The van der Waals surface area contributed by atoms with Crippen molar-refractivity contribution in [1.29, 1.82) is 0 Å². The smallest absolute Gasteiger partial charge is 0.317 e. The molecule has 1 aromatic rings. The van der Waals surface area contributed by atoms with Gasteiger partial charge in [-0.05, 0) is 30.5 Å². The molecule has 138 valence electrons. The summed E-state index contributed by atoms with van der Waals surface area (Å²) in [5, 5.41) is 3.78. The number of carbonyl (C=O) groups excluding carboxylic acids is 2. The van der Waals surface area contributed by atoms with Crippen molar-refractivity contribution in [2.75, 3.05) is 13.7 Å². The molecule has 1 aromatic carbocycles. The van der Waals surface area contributed by atoms with Crippen molar-refractivity contribution in [3.8, 4) is 0 Å². The molecule has 1 unspecified atom stereocenters. The van der Waals surface area contributed by atoms with Crippen LogP contribution < -0.4 is 5.32 Å². The molecule has 1 fully saturated rings. The molecule has 0 radical (unpaired) electrons. The summed E-state index contributed by atoms with van der Waals surface area (Å²) in [4.78, 5) is 26.2. The molecule has 0 bridgehead atoms. The van der Waals surface area contributed by atoms with Crippen LogP contribution >= 0.6 is 11.6 Å². The molecule has 25 heavy (non-hydrogen) atoms. The molecule has 2 rings (SSSR count). The monoisotopic (exact) mass is 366 g/mol. The molecule has 5 nitrogen and oxygen atoms in total. The zero-order valence-electron chi connectivity index (χ0n) is 15.0. The quantitative estimate of drug-likeness (QED) is 0.774. The number of esters is 1. The van der Waals surface area contributed by atoms with Crippen molar-refractivity contribution in [3.05, 3.63) is 34.9 Å². The maximum absolute atomic E-state index is 12.8. The lowest BCUT2D eigenvalue weighted by molar-refractivity contribution is -0.145. The van der Waals surface area contributed by atoms with Gasteiger partial charge in [-0.2, -0.15) is 0 Å². The number of carbonyl (C=O) groups is 2. The third kappa shape index (κ3) is 6.24. The maximum Gasteiger partial charge on any atom is 0.317 e. The molecule has 1 aliphatic rings. The van der Waals surface area contributed by atoms with E-state index in [2.05, 4.69) is 5.32 Å². The number of rotatable bonds is 6. The molecule has 1 saturated carbocycles. The summed E-state index contributed by atoms with van der Waals surface area (Å²) in [5.41, 5.74) is 0.972. The Kier molecular flexibility index (Phi) is 7.56. The van der Waals surface area contributed by atoms with E-state index in [0.29, 0.717) is 18.1 Å². The number of hydrogen-bond acceptors (Lipinski definition) is 3. The third-order valence-corrected chi connectivity index (χ3v) is 4.86. The number of benzene rings is 1. The largest absolute Gasteiger partial charge is 0.469 e. The minimum atomic E-state index is -0.380. The first-order valence-electron chi connectivity index (χ1n) is 8.87. The SMILES string of the molecule is COC(=O)C(C)CN(Cc1ccc(Cl)cc1)C(=O)NC1CCCCC1. The number of nitrogens with one attached hydrogen (secondary N) is 1. The molecule has 0 heterocycles. The van der Waals surface area contributed by atoms with E-state index in [9.17, 15) is 9.59 Å². The van der Waals surface area contributed by atoms with Gasteiger partial charge in [-0.15, -0.1) is 0 Å². The Hall–Kier alpha value is -1.75. The van der Waals surface area contributed by atoms with E-state index in [1.54, 1.807) is 24.0 Å². The summed E-state index contributed by atoms with van der Waals surface area (Å²) in [6.07, 6.45) is 5.59. The second-order valence-corrected chi connectivity index (χ2v) is 7.15. The lowest BCUT2D eigenvalue weighted by Gasteiger charge is -2.29. The van der Waals surface area contributed by atoms with E-state index in [-0.39, 0.29) is 24.0 Å². The Morgan fingerprint density at radius 1 is 1.24 bits per heavy atom. The van der Waals surface area contributed by atoms with Gasteiger partial charge in [-0.25, -0.2) is 4.79 Å². The highest BCUT2D eigenvalue weighted by Crippen LogP contribution is 2.18. The fourth-order valence-corrected chi connectivity index (χ4v) is 3.27. The number of amides is 2. The number of methoxy groups -OCH3 is 1. The number of ether oxygens (including phenoxy) is 1. The standard InChI is InChI=1S/C19H27ClN2O3/c1-14(18(23)25-2)12-22(13-15-8-10-16(20)11-9-15)19(24)21-17-6-4-3-5-7-17/h8-11,14,17H,3-7,12-13H2,1-2H3,(H,21,24). The number of halogens is 1. The number of urea groups is 1. The van der Waals surface area contributed by atoms with Crippen molar-refractivity contribution in [2.45, 2.75) is 51.6 Å². The highest BCUT2D eigenvalue weighted by atomic mass is 35.5. The van der Waals surface area contributed by atoms with Gasteiger partial charge in [0.1, 0.15) is 0 Å². The van der Waals surface area contributed by atoms with Crippen LogP contribution in [0.25, 0.3) is 0 Å². The van der Waals surface area contributed by atoms with E-state index in [4.69, 9.17) is 16.3 Å².